The van der Waals surface area contributed by atoms with Crippen molar-refractivity contribution in [2.45, 2.75) is 13.8 Å². The number of nitrogens with two attached hydrogens (primary N) is 1. The van der Waals surface area contributed by atoms with Crippen molar-refractivity contribution < 1.29 is 14.4 Å². The highest BCUT2D eigenvalue weighted by Crippen LogP contribution is 2.01. The number of primary amides is 1. The number of carbonyl (C=O) groups is 3. The predicted molar refractivity (Wildman–Crippen MR) is 46.4 cm³/mol. The first kappa shape index (κ1) is 11.4. The van der Waals surface area contributed by atoms with Crippen LogP contribution in [0.4, 0.5) is 0 Å². The molecule has 0 radical (unpaired) electrons. The third-order valence-corrected chi connectivity index (χ3v) is 1.21. The molecule has 0 saturated heterocycles. The minimum Gasteiger partial charge on any atom is -0.368 e. The van der Waals surface area contributed by atoms with Crippen LogP contribution in [0.3, 0.4) is 0 Å². The fourth-order valence-electron chi connectivity index (χ4n) is 0.743. The molecule has 3 amide bonds. The van der Waals surface area contributed by atoms with E-state index in [0.29, 0.717) is 0 Å². The number of amides is 3. The summed E-state index contributed by atoms with van der Waals surface area (Å²) in [4.78, 5) is 32.5. The Morgan fingerprint density at radius 3 is 2.00 bits per heavy atom. The Morgan fingerprint density at radius 1 is 1.31 bits per heavy atom. The molecule has 2 N–H and O–H groups in total. The highest BCUT2D eigenvalue weighted by atomic mass is 16.2. The lowest BCUT2D eigenvalue weighted by Gasteiger charge is -2.09. The molecular formula is C8H12N2O3. The maximum absolute atomic E-state index is 10.7. The molecule has 0 aliphatic carbocycles. The summed E-state index contributed by atoms with van der Waals surface area (Å²) in [6.45, 7) is 3.66. The zero-order chi connectivity index (χ0) is 10.4. The van der Waals surface area contributed by atoms with Gasteiger partial charge in [0.1, 0.15) is 6.54 Å². The summed E-state index contributed by atoms with van der Waals surface area (Å²) in [5.74, 6) is -1.68. The number of hydrogen-bond donors (Lipinski definition) is 1. The van der Waals surface area contributed by atoms with Crippen molar-refractivity contribution in [1.82, 2.24) is 4.90 Å². The summed E-state index contributed by atoms with van der Waals surface area (Å²) in [6.07, 6.45) is 2.20. The molecule has 1 rings (SSSR count). The Labute approximate surface area is 76.2 Å². The summed E-state index contributed by atoms with van der Waals surface area (Å²) >= 11 is 0. The van der Waals surface area contributed by atoms with E-state index in [0.717, 1.165) is 17.1 Å². The largest absolute Gasteiger partial charge is 0.368 e. The SMILES string of the molecule is CC.NC(=O)CN1C(=O)C=CC1=O. The molecule has 5 heteroatoms. The van der Waals surface area contributed by atoms with E-state index >= 15 is 0 Å². The standard InChI is InChI=1S/C6H6N2O3.C2H6/c7-4(9)3-8-5(10)1-2-6(8)11;1-2/h1-2H,3H2,(H2,7,9);1-2H3. The van der Waals surface area contributed by atoms with Gasteiger partial charge in [-0.2, -0.15) is 0 Å². The van der Waals surface area contributed by atoms with Gasteiger partial charge in [-0.05, 0) is 0 Å². The van der Waals surface area contributed by atoms with Crippen LogP contribution in [0.15, 0.2) is 12.2 Å². The number of carbonyl (C=O) groups excluding carboxylic acids is 3. The maximum Gasteiger partial charge on any atom is 0.254 e. The maximum atomic E-state index is 10.7. The van der Waals surface area contributed by atoms with Crippen LogP contribution in [0.5, 0.6) is 0 Å². The average molecular weight is 184 g/mol. The molecule has 1 heterocycles. The van der Waals surface area contributed by atoms with E-state index in [1.54, 1.807) is 0 Å². The van der Waals surface area contributed by atoms with E-state index in [4.69, 9.17) is 5.73 Å². The van der Waals surface area contributed by atoms with E-state index in [1.807, 2.05) is 13.8 Å². The molecule has 0 atom stereocenters. The van der Waals surface area contributed by atoms with E-state index in [-0.39, 0.29) is 6.54 Å². The third-order valence-electron chi connectivity index (χ3n) is 1.21. The second kappa shape index (κ2) is 5.08. The van der Waals surface area contributed by atoms with Gasteiger partial charge in [-0.15, -0.1) is 0 Å². The van der Waals surface area contributed by atoms with Crippen molar-refractivity contribution in [3.05, 3.63) is 12.2 Å². The van der Waals surface area contributed by atoms with Gasteiger partial charge in [0.05, 0.1) is 0 Å². The molecule has 1 aliphatic rings. The third kappa shape index (κ3) is 3.06. The van der Waals surface area contributed by atoms with E-state index in [1.165, 1.54) is 0 Å². The Hall–Kier alpha value is -1.65. The summed E-state index contributed by atoms with van der Waals surface area (Å²) in [5, 5.41) is 0. The quantitative estimate of drug-likeness (QED) is 0.583. The van der Waals surface area contributed by atoms with Crippen molar-refractivity contribution >= 4 is 17.7 Å². The molecule has 0 aromatic heterocycles. The normalized spacial score (nSPS) is 14.2. The van der Waals surface area contributed by atoms with Gasteiger partial charge in [0.25, 0.3) is 11.8 Å². The van der Waals surface area contributed by atoms with Crippen LogP contribution in [0.2, 0.25) is 0 Å². The van der Waals surface area contributed by atoms with Crippen molar-refractivity contribution in [3.63, 3.8) is 0 Å². The summed E-state index contributed by atoms with van der Waals surface area (Å²) < 4.78 is 0. The number of imide groups is 1. The minimum absolute atomic E-state index is 0.343. The molecule has 72 valence electrons. The van der Waals surface area contributed by atoms with Crippen molar-refractivity contribution in [2.75, 3.05) is 6.54 Å². The highest BCUT2D eigenvalue weighted by molar-refractivity contribution is 6.14. The van der Waals surface area contributed by atoms with Crippen LogP contribution in [0.25, 0.3) is 0 Å². The highest BCUT2D eigenvalue weighted by Gasteiger charge is 2.24. The van der Waals surface area contributed by atoms with Gasteiger partial charge in [0.15, 0.2) is 0 Å². The van der Waals surface area contributed by atoms with Crippen molar-refractivity contribution in [3.8, 4) is 0 Å². The zero-order valence-electron chi connectivity index (χ0n) is 7.61. The summed E-state index contributed by atoms with van der Waals surface area (Å²) in [5.41, 5.74) is 4.78. The monoisotopic (exact) mass is 184 g/mol. The lowest BCUT2D eigenvalue weighted by molar-refractivity contribution is -0.140. The zero-order valence-corrected chi connectivity index (χ0v) is 7.61. The topological polar surface area (TPSA) is 80.5 Å². The predicted octanol–water partition coefficient (Wildman–Crippen LogP) is -0.577. The average Bonchev–Trinajstić information content (AvgIpc) is 2.39. The molecule has 0 aromatic rings. The first-order valence-electron chi connectivity index (χ1n) is 3.93. The first-order chi connectivity index (χ1) is 6.11. The summed E-state index contributed by atoms with van der Waals surface area (Å²) in [6, 6.07) is 0. The second-order valence-corrected chi connectivity index (χ2v) is 2.06. The molecular weight excluding hydrogens is 172 g/mol. The number of hydrogen-bond acceptors (Lipinski definition) is 3. The van der Waals surface area contributed by atoms with E-state index in [9.17, 15) is 14.4 Å². The van der Waals surface area contributed by atoms with E-state index in [2.05, 4.69) is 0 Å². The van der Waals surface area contributed by atoms with Gasteiger partial charge < -0.3 is 5.73 Å². The summed E-state index contributed by atoms with van der Waals surface area (Å²) in [7, 11) is 0. The molecule has 5 nitrogen and oxygen atoms in total. The second-order valence-electron chi connectivity index (χ2n) is 2.06. The van der Waals surface area contributed by atoms with Crippen LogP contribution in [-0.2, 0) is 14.4 Å². The van der Waals surface area contributed by atoms with Crippen molar-refractivity contribution in [2.24, 2.45) is 5.73 Å². The van der Waals surface area contributed by atoms with Gasteiger partial charge in [0.2, 0.25) is 5.91 Å². The Bertz CT molecular complexity index is 240. The molecule has 0 spiro atoms. The van der Waals surface area contributed by atoms with Crippen LogP contribution < -0.4 is 5.73 Å². The molecule has 0 saturated carbocycles. The molecule has 0 aromatic carbocycles. The lowest BCUT2D eigenvalue weighted by atomic mass is 10.5. The van der Waals surface area contributed by atoms with Gasteiger partial charge in [-0.3, -0.25) is 19.3 Å². The Morgan fingerprint density at radius 2 is 1.69 bits per heavy atom. The number of rotatable bonds is 2. The molecule has 0 bridgehead atoms. The van der Waals surface area contributed by atoms with Crippen molar-refractivity contribution in [1.29, 1.82) is 0 Å². The number of nitrogens with zero attached hydrogens (tertiary/aromatic N) is 1. The smallest absolute Gasteiger partial charge is 0.254 e. The van der Waals surface area contributed by atoms with Crippen LogP contribution >= 0.6 is 0 Å². The minimum atomic E-state index is -0.699. The van der Waals surface area contributed by atoms with Crippen LogP contribution in [-0.4, -0.2) is 29.2 Å². The van der Waals surface area contributed by atoms with Crippen LogP contribution in [0.1, 0.15) is 13.8 Å². The lowest BCUT2D eigenvalue weighted by Crippen LogP contribution is -2.37. The molecule has 0 fully saturated rings. The fraction of sp³-hybridized carbons (Fsp3) is 0.375. The molecule has 0 unspecified atom stereocenters. The van der Waals surface area contributed by atoms with Gasteiger partial charge in [-0.1, -0.05) is 13.8 Å². The molecule has 1 aliphatic heterocycles. The van der Waals surface area contributed by atoms with Gasteiger partial charge in [0, 0.05) is 12.2 Å². The fourth-order valence-corrected chi connectivity index (χ4v) is 0.743. The molecule has 13 heavy (non-hydrogen) atoms. The van der Waals surface area contributed by atoms with E-state index < -0.39 is 17.7 Å². The van der Waals surface area contributed by atoms with Gasteiger partial charge >= 0.3 is 0 Å². The first-order valence-corrected chi connectivity index (χ1v) is 3.93. The Balaban J connectivity index is 0.000000671. The Kier molecular flexibility index (Phi) is 4.43. The van der Waals surface area contributed by atoms with Gasteiger partial charge in [-0.25, -0.2) is 0 Å². The van der Waals surface area contributed by atoms with Crippen LogP contribution in [0, 0.1) is 0 Å².